The maximum absolute atomic E-state index is 11.6. The molecule has 2 atom stereocenters. The number of nitrogens with zero attached hydrogens (tertiary/aromatic N) is 1. The third-order valence-electron chi connectivity index (χ3n) is 4.29. The number of amides is 1. The van der Waals surface area contributed by atoms with E-state index >= 15 is 0 Å². The number of hydrogen-bond donors (Lipinski definition) is 0. The standard InChI is InChI=1S/C11H15NO2/c1-14-9(13)12-10-5-2-3-6-11(10,12)8-4-7-10/h2-3H,4-8H2,1H3/t10-,11+,12?. The molecule has 1 aliphatic heterocycles. The average Bonchev–Trinajstić information content (AvgIpc) is 2.60. The van der Waals surface area contributed by atoms with Gasteiger partial charge in [0.05, 0.1) is 18.2 Å². The molecule has 0 N–H and O–H groups in total. The molecule has 0 unspecified atom stereocenters. The molecule has 2 fully saturated rings. The van der Waals surface area contributed by atoms with Crippen LogP contribution in [0.15, 0.2) is 12.2 Å². The van der Waals surface area contributed by atoms with Crippen LogP contribution < -0.4 is 0 Å². The normalized spacial score (nSPS) is 43.1. The summed E-state index contributed by atoms with van der Waals surface area (Å²) in [6, 6.07) is 0. The molecule has 0 spiro atoms. The van der Waals surface area contributed by atoms with Crippen molar-refractivity contribution in [3.05, 3.63) is 12.2 Å². The number of piperidine rings is 1. The Kier molecular flexibility index (Phi) is 1.38. The van der Waals surface area contributed by atoms with Crippen LogP contribution in [0.25, 0.3) is 0 Å². The van der Waals surface area contributed by atoms with Crippen molar-refractivity contribution in [1.29, 1.82) is 0 Å². The van der Waals surface area contributed by atoms with Crippen molar-refractivity contribution in [1.82, 2.24) is 4.90 Å². The van der Waals surface area contributed by atoms with Gasteiger partial charge in [0, 0.05) is 0 Å². The van der Waals surface area contributed by atoms with E-state index in [1.165, 1.54) is 13.5 Å². The Labute approximate surface area is 83.7 Å². The summed E-state index contributed by atoms with van der Waals surface area (Å²) in [5.74, 6) is 0. The van der Waals surface area contributed by atoms with Crippen molar-refractivity contribution < 1.29 is 9.53 Å². The van der Waals surface area contributed by atoms with Crippen molar-refractivity contribution in [2.24, 2.45) is 0 Å². The van der Waals surface area contributed by atoms with Gasteiger partial charge in [0.1, 0.15) is 0 Å². The monoisotopic (exact) mass is 193 g/mol. The van der Waals surface area contributed by atoms with E-state index in [4.69, 9.17) is 4.74 Å². The molecule has 0 aromatic carbocycles. The van der Waals surface area contributed by atoms with E-state index in [9.17, 15) is 4.79 Å². The van der Waals surface area contributed by atoms with Crippen molar-refractivity contribution in [2.75, 3.05) is 7.11 Å². The van der Waals surface area contributed by atoms with Gasteiger partial charge in [0.15, 0.2) is 0 Å². The lowest BCUT2D eigenvalue weighted by molar-refractivity contribution is 0.138. The summed E-state index contributed by atoms with van der Waals surface area (Å²) in [6.07, 6.45) is 9.94. The number of hydrogen-bond acceptors (Lipinski definition) is 2. The fourth-order valence-electron chi connectivity index (χ4n) is 3.69. The zero-order valence-electron chi connectivity index (χ0n) is 8.45. The molecular formula is C11H15NO2. The topological polar surface area (TPSA) is 29.3 Å². The highest BCUT2D eigenvalue weighted by molar-refractivity contribution is 5.76. The Morgan fingerprint density at radius 2 is 1.86 bits per heavy atom. The third kappa shape index (κ3) is 0.656. The zero-order valence-corrected chi connectivity index (χ0v) is 8.45. The molecule has 0 aromatic heterocycles. The van der Waals surface area contributed by atoms with E-state index in [1.54, 1.807) is 0 Å². The molecule has 14 heavy (non-hydrogen) atoms. The second kappa shape index (κ2) is 2.33. The van der Waals surface area contributed by atoms with E-state index in [0.717, 1.165) is 25.7 Å². The number of likely N-dealkylation sites (tertiary alicyclic amines) is 1. The van der Waals surface area contributed by atoms with E-state index in [0.29, 0.717) is 0 Å². The molecule has 3 rings (SSSR count). The van der Waals surface area contributed by atoms with Gasteiger partial charge in [0.2, 0.25) is 0 Å². The lowest BCUT2D eigenvalue weighted by Crippen LogP contribution is -2.23. The van der Waals surface area contributed by atoms with Crippen molar-refractivity contribution in [2.45, 2.75) is 43.2 Å². The number of carbonyl (C=O) groups is 1. The maximum Gasteiger partial charge on any atom is 0.410 e. The lowest BCUT2D eigenvalue weighted by Gasteiger charge is -2.13. The molecule has 1 saturated heterocycles. The molecule has 2 aliphatic carbocycles. The molecule has 3 nitrogen and oxygen atoms in total. The van der Waals surface area contributed by atoms with Gasteiger partial charge in [-0.15, -0.1) is 0 Å². The van der Waals surface area contributed by atoms with Gasteiger partial charge in [-0.3, -0.25) is 4.90 Å². The minimum absolute atomic E-state index is 0.131. The van der Waals surface area contributed by atoms with Crippen LogP contribution in [-0.4, -0.2) is 29.2 Å². The number of carbonyl (C=O) groups excluding carboxylic acids is 1. The van der Waals surface area contributed by atoms with Crippen molar-refractivity contribution in [3.63, 3.8) is 0 Å². The molecule has 1 heterocycles. The predicted molar refractivity (Wildman–Crippen MR) is 51.9 cm³/mol. The number of methoxy groups -OCH3 is 1. The molecule has 3 heteroatoms. The minimum atomic E-state index is -0.131. The van der Waals surface area contributed by atoms with Gasteiger partial charge in [-0.05, 0) is 32.1 Å². The predicted octanol–water partition coefficient (Wildman–Crippen LogP) is 2.08. The molecule has 1 amide bonds. The Morgan fingerprint density at radius 3 is 2.36 bits per heavy atom. The quantitative estimate of drug-likeness (QED) is 0.435. The number of ether oxygens (including phenoxy) is 1. The molecule has 76 valence electrons. The highest BCUT2D eigenvalue weighted by atomic mass is 16.5. The first kappa shape index (κ1) is 8.33. The van der Waals surface area contributed by atoms with Crippen LogP contribution in [0.4, 0.5) is 4.79 Å². The van der Waals surface area contributed by atoms with Gasteiger partial charge >= 0.3 is 6.09 Å². The van der Waals surface area contributed by atoms with E-state index < -0.39 is 0 Å². The second-order valence-corrected chi connectivity index (χ2v) is 4.60. The van der Waals surface area contributed by atoms with Gasteiger partial charge < -0.3 is 4.74 Å². The van der Waals surface area contributed by atoms with Crippen molar-refractivity contribution in [3.8, 4) is 0 Å². The first-order chi connectivity index (χ1) is 6.77. The Hall–Kier alpha value is -0.990. The second-order valence-electron chi connectivity index (χ2n) is 4.60. The van der Waals surface area contributed by atoms with Gasteiger partial charge in [0.25, 0.3) is 0 Å². The Morgan fingerprint density at radius 1 is 1.29 bits per heavy atom. The van der Waals surface area contributed by atoms with Crippen LogP contribution in [0.3, 0.4) is 0 Å². The third-order valence-corrected chi connectivity index (χ3v) is 4.29. The van der Waals surface area contributed by atoms with Crippen molar-refractivity contribution >= 4 is 6.09 Å². The molecule has 0 radical (unpaired) electrons. The molecular weight excluding hydrogens is 178 g/mol. The summed E-state index contributed by atoms with van der Waals surface area (Å²) < 4.78 is 4.85. The maximum atomic E-state index is 11.6. The summed E-state index contributed by atoms with van der Waals surface area (Å²) in [4.78, 5) is 13.6. The first-order valence-electron chi connectivity index (χ1n) is 5.30. The Bertz CT molecular complexity index is 303. The first-order valence-corrected chi connectivity index (χ1v) is 5.30. The van der Waals surface area contributed by atoms with Gasteiger partial charge in [-0.2, -0.15) is 0 Å². The average molecular weight is 193 g/mol. The van der Waals surface area contributed by atoms with Crippen LogP contribution in [-0.2, 0) is 4.74 Å². The summed E-state index contributed by atoms with van der Waals surface area (Å²) in [5.41, 5.74) is 0.295. The minimum Gasteiger partial charge on any atom is -0.453 e. The van der Waals surface area contributed by atoms with Crippen LogP contribution in [0.5, 0.6) is 0 Å². The zero-order chi connectivity index (χ0) is 9.81. The highest BCUT2D eigenvalue weighted by Crippen LogP contribution is 2.67. The van der Waals surface area contributed by atoms with Gasteiger partial charge in [-0.1, -0.05) is 12.2 Å². The Balaban J connectivity index is 1.96. The van der Waals surface area contributed by atoms with E-state index in [-0.39, 0.29) is 17.2 Å². The number of rotatable bonds is 0. The van der Waals surface area contributed by atoms with E-state index in [2.05, 4.69) is 12.2 Å². The molecule has 0 aromatic rings. The SMILES string of the molecule is COC(=O)N1[C@@]23CC=CC[C@@]12CCC3. The highest BCUT2D eigenvalue weighted by Gasteiger charge is 2.78. The summed E-state index contributed by atoms with van der Waals surface area (Å²) >= 11 is 0. The lowest BCUT2D eigenvalue weighted by atomic mass is 9.86. The summed E-state index contributed by atoms with van der Waals surface area (Å²) in [7, 11) is 1.48. The molecule has 3 aliphatic rings. The molecule has 0 bridgehead atoms. The summed E-state index contributed by atoms with van der Waals surface area (Å²) in [6.45, 7) is 0. The summed E-state index contributed by atoms with van der Waals surface area (Å²) in [5, 5.41) is 0. The van der Waals surface area contributed by atoms with Crippen LogP contribution in [0.2, 0.25) is 0 Å². The molecule has 1 saturated carbocycles. The van der Waals surface area contributed by atoms with Crippen LogP contribution in [0, 0.1) is 0 Å². The van der Waals surface area contributed by atoms with Crippen LogP contribution >= 0.6 is 0 Å². The van der Waals surface area contributed by atoms with Gasteiger partial charge in [-0.25, -0.2) is 4.79 Å². The smallest absolute Gasteiger partial charge is 0.410 e. The fourth-order valence-corrected chi connectivity index (χ4v) is 3.69. The van der Waals surface area contributed by atoms with Crippen LogP contribution in [0.1, 0.15) is 32.1 Å². The largest absolute Gasteiger partial charge is 0.453 e. The fraction of sp³-hybridized carbons (Fsp3) is 0.727. The van der Waals surface area contributed by atoms with E-state index in [1.807, 2.05) is 4.90 Å².